The van der Waals surface area contributed by atoms with E-state index in [4.69, 9.17) is 10.8 Å². The van der Waals surface area contributed by atoms with E-state index in [0.29, 0.717) is 17.0 Å². The van der Waals surface area contributed by atoms with E-state index in [1.807, 2.05) is 0 Å². The van der Waals surface area contributed by atoms with Gasteiger partial charge in [-0.25, -0.2) is 4.98 Å². The normalized spacial score (nSPS) is 12.1. The van der Waals surface area contributed by atoms with Gasteiger partial charge in [-0.2, -0.15) is 9.97 Å². The van der Waals surface area contributed by atoms with Gasteiger partial charge in [0.2, 0.25) is 11.9 Å². The molecule has 10 heteroatoms. The van der Waals surface area contributed by atoms with Crippen LogP contribution in [0.2, 0.25) is 0 Å². The average Bonchev–Trinajstić information content (AvgIpc) is 2.83. The molecule has 0 saturated carbocycles. The summed E-state index contributed by atoms with van der Waals surface area (Å²) in [6, 6.07) is -0.966. The Morgan fingerprint density at radius 3 is 2.95 bits per heavy atom. The molecule has 0 saturated heterocycles. The van der Waals surface area contributed by atoms with E-state index >= 15 is 0 Å². The molecule has 10 nitrogen and oxygen atoms in total. The molecule has 2 aromatic heterocycles. The second-order valence-electron chi connectivity index (χ2n) is 4.01. The maximum atomic E-state index is 11.6. The monoisotopic (exact) mass is 279 g/mol. The van der Waals surface area contributed by atoms with Crippen molar-refractivity contribution in [2.24, 2.45) is 0 Å². The minimum Gasteiger partial charge on any atom is -0.480 e. The lowest BCUT2D eigenvalue weighted by molar-refractivity contribution is -0.141. The van der Waals surface area contributed by atoms with E-state index in [-0.39, 0.29) is 12.5 Å². The molecule has 2 aromatic rings. The Morgan fingerprint density at radius 2 is 2.25 bits per heavy atom. The first-order chi connectivity index (χ1) is 9.47. The number of carboxylic acid groups (broad SMARTS) is 1. The van der Waals surface area contributed by atoms with Crippen LogP contribution in [0.25, 0.3) is 11.2 Å². The van der Waals surface area contributed by atoms with Gasteiger partial charge in [-0.1, -0.05) is 0 Å². The van der Waals surface area contributed by atoms with Gasteiger partial charge < -0.3 is 26.5 Å². The van der Waals surface area contributed by atoms with Crippen molar-refractivity contribution in [3.8, 4) is 0 Å². The number of amides is 1. The molecule has 0 aliphatic carbocycles. The smallest absolute Gasteiger partial charge is 0.325 e. The number of imidazole rings is 1. The SMILES string of the molecule is C[C@H](NC(=O)CNc1nc(N)nc2nc[nH]c12)C(=O)O. The summed E-state index contributed by atoms with van der Waals surface area (Å²) in [7, 11) is 0. The van der Waals surface area contributed by atoms with E-state index in [1.54, 1.807) is 0 Å². The second kappa shape index (κ2) is 5.38. The number of aromatic nitrogens is 4. The van der Waals surface area contributed by atoms with E-state index in [9.17, 15) is 9.59 Å². The average molecular weight is 279 g/mol. The van der Waals surface area contributed by atoms with Crippen LogP contribution < -0.4 is 16.4 Å². The number of aliphatic carboxylic acids is 1. The van der Waals surface area contributed by atoms with Gasteiger partial charge in [0, 0.05) is 0 Å². The van der Waals surface area contributed by atoms with Crippen LogP contribution in [0.4, 0.5) is 11.8 Å². The summed E-state index contributed by atoms with van der Waals surface area (Å²) in [6.07, 6.45) is 1.43. The van der Waals surface area contributed by atoms with E-state index < -0.39 is 17.9 Å². The van der Waals surface area contributed by atoms with Crippen molar-refractivity contribution in [1.82, 2.24) is 25.3 Å². The summed E-state index contributed by atoms with van der Waals surface area (Å²) in [4.78, 5) is 36.8. The quantitative estimate of drug-likeness (QED) is 0.463. The molecule has 1 atom stereocenters. The topological polar surface area (TPSA) is 159 Å². The number of carbonyl (C=O) groups is 2. The van der Waals surface area contributed by atoms with Gasteiger partial charge in [0.25, 0.3) is 0 Å². The van der Waals surface area contributed by atoms with E-state index in [1.165, 1.54) is 13.3 Å². The van der Waals surface area contributed by atoms with Gasteiger partial charge in [0.1, 0.15) is 11.6 Å². The molecule has 0 aromatic carbocycles. The van der Waals surface area contributed by atoms with Gasteiger partial charge in [0.05, 0.1) is 12.9 Å². The maximum absolute atomic E-state index is 11.6. The molecule has 0 unspecified atom stereocenters. The first kappa shape index (κ1) is 13.5. The molecular formula is C10H13N7O3. The van der Waals surface area contributed by atoms with Crippen molar-refractivity contribution in [3.05, 3.63) is 6.33 Å². The zero-order chi connectivity index (χ0) is 14.7. The Hall–Kier alpha value is -2.91. The Bertz CT molecular complexity index is 653. The highest BCUT2D eigenvalue weighted by Crippen LogP contribution is 2.16. The first-order valence-electron chi connectivity index (χ1n) is 5.70. The second-order valence-corrected chi connectivity index (χ2v) is 4.01. The predicted molar refractivity (Wildman–Crippen MR) is 69.8 cm³/mol. The van der Waals surface area contributed by atoms with Gasteiger partial charge >= 0.3 is 5.97 Å². The summed E-state index contributed by atoms with van der Waals surface area (Å²) in [5, 5.41) is 13.7. The van der Waals surface area contributed by atoms with Crippen LogP contribution in [0.5, 0.6) is 0 Å². The number of nitrogens with one attached hydrogen (secondary N) is 3. The standard InChI is InChI=1S/C10H13N7O3/c1-4(9(19)20)15-5(18)2-12-7-6-8(14-3-13-6)17-10(11)16-7/h3-4H,2H2,1H3,(H,15,18)(H,19,20)(H4,11,12,13,14,16,17)/t4-/m0/s1. The summed E-state index contributed by atoms with van der Waals surface area (Å²) >= 11 is 0. The van der Waals surface area contributed by atoms with E-state index in [2.05, 4.69) is 30.6 Å². The van der Waals surface area contributed by atoms with Gasteiger partial charge in [-0.15, -0.1) is 0 Å². The maximum Gasteiger partial charge on any atom is 0.325 e. The number of rotatable bonds is 5. The summed E-state index contributed by atoms with van der Waals surface area (Å²) < 4.78 is 0. The molecular weight excluding hydrogens is 266 g/mol. The van der Waals surface area contributed by atoms with E-state index in [0.717, 1.165) is 0 Å². The fourth-order valence-electron chi connectivity index (χ4n) is 1.50. The Kier molecular flexibility index (Phi) is 3.64. The Balaban J connectivity index is 2.04. The minimum absolute atomic E-state index is 0.0198. The number of carbonyl (C=O) groups excluding carboxylic acids is 1. The van der Waals surface area contributed by atoms with Gasteiger partial charge in [0.15, 0.2) is 11.5 Å². The van der Waals surface area contributed by atoms with Crippen molar-refractivity contribution < 1.29 is 14.7 Å². The zero-order valence-electron chi connectivity index (χ0n) is 10.5. The number of anilines is 2. The number of nitrogen functional groups attached to an aromatic ring is 1. The lowest BCUT2D eigenvalue weighted by atomic mass is 10.3. The van der Waals surface area contributed by atoms with Gasteiger partial charge in [-0.05, 0) is 6.92 Å². The summed E-state index contributed by atoms with van der Waals surface area (Å²) in [6.45, 7) is 1.22. The molecule has 2 heterocycles. The van der Waals surface area contributed by atoms with Gasteiger partial charge in [-0.3, -0.25) is 9.59 Å². The third-order valence-corrected chi connectivity index (χ3v) is 2.47. The molecule has 0 aliphatic heterocycles. The molecule has 1 amide bonds. The van der Waals surface area contributed by atoms with Crippen LogP contribution in [0.1, 0.15) is 6.92 Å². The minimum atomic E-state index is -1.11. The van der Waals surface area contributed by atoms with Crippen LogP contribution in [-0.2, 0) is 9.59 Å². The highest BCUT2D eigenvalue weighted by atomic mass is 16.4. The van der Waals surface area contributed by atoms with Crippen molar-refractivity contribution in [2.75, 3.05) is 17.6 Å². The number of fused-ring (bicyclic) bond motifs is 1. The lowest BCUT2D eigenvalue weighted by Crippen LogP contribution is -2.41. The van der Waals surface area contributed by atoms with Crippen LogP contribution in [0.15, 0.2) is 6.33 Å². The van der Waals surface area contributed by atoms with Crippen molar-refractivity contribution in [1.29, 1.82) is 0 Å². The Labute approximate surface area is 112 Å². The summed E-state index contributed by atoms with van der Waals surface area (Å²) in [5.74, 6) is -1.25. The van der Waals surface area contributed by atoms with Crippen LogP contribution in [-0.4, -0.2) is 49.5 Å². The first-order valence-corrected chi connectivity index (χ1v) is 5.70. The summed E-state index contributed by atoms with van der Waals surface area (Å²) in [5.41, 5.74) is 6.40. The van der Waals surface area contributed by atoms with Crippen LogP contribution in [0, 0.1) is 0 Å². The molecule has 0 fully saturated rings. The highest BCUT2D eigenvalue weighted by molar-refractivity contribution is 5.89. The van der Waals surface area contributed by atoms with Crippen molar-refractivity contribution in [3.63, 3.8) is 0 Å². The number of carboxylic acids is 1. The molecule has 0 bridgehead atoms. The number of nitrogens with two attached hydrogens (primary N) is 1. The van der Waals surface area contributed by atoms with Crippen molar-refractivity contribution in [2.45, 2.75) is 13.0 Å². The molecule has 0 radical (unpaired) electrons. The fourth-order valence-corrected chi connectivity index (χ4v) is 1.50. The molecule has 2 rings (SSSR count). The van der Waals surface area contributed by atoms with Crippen LogP contribution >= 0.6 is 0 Å². The Morgan fingerprint density at radius 1 is 1.50 bits per heavy atom. The number of aromatic amines is 1. The lowest BCUT2D eigenvalue weighted by Gasteiger charge is -2.10. The molecule has 0 spiro atoms. The third-order valence-electron chi connectivity index (χ3n) is 2.47. The highest BCUT2D eigenvalue weighted by Gasteiger charge is 2.14. The van der Waals surface area contributed by atoms with Crippen molar-refractivity contribution >= 4 is 34.8 Å². The molecule has 0 aliphatic rings. The molecule has 6 N–H and O–H groups in total. The molecule has 20 heavy (non-hydrogen) atoms. The largest absolute Gasteiger partial charge is 0.480 e. The predicted octanol–water partition coefficient (Wildman–Crippen LogP) is -1.06. The number of hydrogen-bond acceptors (Lipinski definition) is 7. The third kappa shape index (κ3) is 2.91. The number of hydrogen-bond donors (Lipinski definition) is 5. The molecule has 106 valence electrons. The number of nitrogens with zero attached hydrogens (tertiary/aromatic N) is 3. The zero-order valence-corrected chi connectivity index (χ0v) is 10.5. The fraction of sp³-hybridized carbons (Fsp3) is 0.300. The number of H-pyrrole nitrogens is 1. The van der Waals surface area contributed by atoms with Crippen LogP contribution in [0.3, 0.4) is 0 Å².